The van der Waals surface area contributed by atoms with Crippen molar-refractivity contribution in [2.75, 3.05) is 13.2 Å². The van der Waals surface area contributed by atoms with E-state index in [0.717, 1.165) is 6.42 Å². The smallest absolute Gasteiger partial charge is 0.424 e. The van der Waals surface area contributed by atoms with Crippen molar-refractivity contribution in [3.63, 3.8) is 0 Å². The Balaban J connectivity index is 2.13. The number of hydrogen-bond donors (Lipinski definition) is 1. The minimum atomic E-state index is -0.395. The molecule has 4 nitrogen and oxygen atoms in total. The number of ether oxygens (including phenoxy) is 1. The molecule has 1 rings (SSSR count). The van der Waals surface area contributed by atoms with Crippen molar-refractivity contribution in [3.8, 4) is 0 Å². The zero-order valence-corrected chi connectivity index (χ0v) is 8.16. The molecule has 1 aliphatic carbocycles. The van der Waals surface area contributed by atoms with E-state index < -0.39 is 6.09 Å². The highest BCUT2D eigenvalue weighted by atomic mass is 16.6. The van der Waals surface area contributed by atoms with Gasteiger partial charge in [0.2, 0.25) is 0 Å². The number of hydrogen-bond acceptors (Lipinski definition) is 3. The molecule has 1 amide bonds. The zero-order chi connectivity index (χ0) is 9.68. The van der Waals surface area contributed by atoms with Crippen molar-refractivity contribution in [1.82, 2.24) is 5.01 Å². The lowest BCUT2D eigenvalue weighted by molar-refractivity contribution is 0.0887. The molecule has 4 heteroatoms. The molecule has 13 heavy (non-hydrogen) atoms. The quantitative estimate of drug-likeness (QED) is 0.411. The molecule has 0 aromatic rings. The van der Waals surface area contributed by atoms with E-state index in [4.69, 9.17) is 10.6 Å². The first-order chi connectivity index (χ1) is 6.24. The normalized spacial score (nSPS) is 16.5. The first-order valence-electron chi connectivity index (χ1n) is 4.93. The van der Waals surface area contributed by atoms with Gasteiger partial charge < -0.3 is 4.74 Å². The van der Waals surface area contributed by atoms with E-state index in [1.54, 1.807) is 0 Å². The summed E-state index contributed by atoms with van der Waals surface area (Å²) in [7, 11) is 0. The predicted molar refractivity (Wildman–Crippen MR) is 49.9 cm³/mol. The molecule has 1 saturated carbocycles. The fourth-order valence-electron chi connectivity index (χ4n) is 1.30. The molecule has 1 aliphatic rings. The second-order valence-corrected chi connectivity index (χ2v) is 3.56. The Morgan fingerprint density at radius 2 is 2.31 bits per heavy atom. The molecule has 0 saturated heterocycles. The van der Waals surface area contributed by atoms with Gasteiger partial charge in [0.1, 0.15) is 0 Å². The number of carbonyl (C=O) groups is 1. The molecular formula is C9H18N2O2. The monoisotopic (exact) mass is 186 g/mol. The predicted octanol–water partition coefficient (Wildman–Crippen LogP) is 1.51. The Labute approximate surface area is 79.0 Å². The maximum atomic E-state index is 11.2. The first-order valence-corrected chi connectivity index (χ1v) is 4.93. The van der Waals surface area contributed by atoms with Gasteiger partial charge in [0.25, 0.3) is 0 Å². The van der Waals surface area contributed by atoms with Crippen LogP contribution in [-0.2, 0) is 4.74 Å². The standard InChI is InChI=1S/C9H18N2O2/c1-2-6-13-9(12)11(10)7-8-4-3-5-8/h8H,2-7,10H2,1H3. The van der Waals surface area contributed by atoms with Crippen LogP contribution in [-0.4, -0.2) is 24.3 Å². The van der Waals surface area contributed by atoms with Crippen LogP contribution in [0.5, 0.6) is 0 Å². The number of carbonyl (C=O) groups excluding carboxylic acids is 1. The molecule has 0 unspecified atom stereocenters. The number of hydrazine groups is 1. The zero-order valence-electron chi connectivity index (χ0n) is 8.16. The van der Waals surface area contributed by atoms with Gasteiger partial charge in [0.15, 0.2) is 0 Å². The number of rotatable bonds is 4. The molecule has 0 aromatic heterocycles. The van der Waals surface area contributed by atoms with Crippen molar-refractivity contribution in [3.05, 3.63) is 0 Å². The van der Waals surface area contributed by atoms with Crippen molar-refractivity contribution in [2.45, 2.75) is 32.6 Å². The highest BCUT2D eigenvalue weighted by molar-refractivity contribution is 5.66. The van der Waals surface area contributed by atoms with E-state index in [1.165, 1.54) is 24.3 Å². The average molecular weight is 186 g/mol. The van der Waals surface area contributed by atoms with E-state index in [-0.39, 0.29) is 0 Å². The van der Waals surface area contributed by atoms with Crippen molar-refractivity contribution >= 4 is 6.09 Å². The highest BCUT2D eigenvalue weighted by Crippen LogP contribution is 2.26. The van der Waals surface area contributed by atoms with E-state index in [1.807, 2.05) is 6.92 Å². The second-order valence-electron chi connectivity index (χ2n) is 3.56. The lowest BCUT2D eigenvalue weighted by Gasteiger charge is -2.29. The summed E-state index contributed by atoms with van der Waals surface area (Å²) in [5, 5.41) is 1.19. The van der Waals surface area contributed by atoms with Crippen LogP contribution < -0.4 is 5.84 Å². The Kier molecular flexibility index (Phi) is 4.02. The maximum Gasteiger partial charge on any atom is 0.424 e. The number of nitrogens with two attached hydrogens (primary N) is 1. The molecule has 0 atom stereocenters. The summed E-state index contributed by atoms with van der Waals surface area (Å²) in [5.74, 6) is 6.12. The minimum Gasteiger partial charge on any atom is -0.448 e. The molecule has 0 bridgehead atoms. The largest absolute Gasteiger partial charge is 0.448 e. The molecule has 0 aliphatic heterocycles. The summed E-state index contributed by atoms with van der Waals surface area (Å²) < 4.78 is 4.88. The molecule has 0 radical (unpaired) electrons. The Bertz CT molecular complexity index is 169. The fourth-order valence-corrected chi connectivity index (χ4v) is 1.30. The molecule has 1 fully saturated rings. The van der Waals surface area contributed by atoms with Gasteiger partial charge in [0.05, 0.1) is 6.61 Å². The first kappa shape index (κ1) is 10.3. The fraction of sp³-hybridized carbons (Fsp3) is 0.889. The lowest BCUT2D eigenvalue weighted by atomic mass is 9.85. The summed E-state index contributed by atoms with van der Waals surface area (Å²) >= 11 is 0. The van der Waals surface area contributed by atoms with Crippen LogP contribution in [0.25, 0.3) is 0 Å². The van der Waals surface area contributed by atoms with Crippen molar-refractivity contribution < 1.29 is 9.53 Å². The Morgan fingerprint density at radius 1 is 1.62 bits per heavy atom. The highest BCUT2D eigenvalue weighted by Gasteiger charge is 2.22. The van der Waals surface area contributed by atoms with E-state index in [9.17, 15) is 4.79 Å². The van der Waals surface area contributed by atoms with Crippen LogP contribution in [0.2, 0.25) is 0 Å². The Morgan fingerprint density at radius 3 is 2.77 bits per heavy atom. The second kappa shape index (κ2) is 5.07. The van der Waals surface area contributed by atoms with Crippen LogP contribution in [0.15, 0.2) is 0 Å². The van der Waals surface area contributed by atoms with E-state index in [2.05, 4.69) is 0 Å². The average Bonchev–Trinajstić information content (AvgIpc) is 2.06. The van der Waals surface area contributed by atoms with Gasteiger partial charge >= 0.3 is 6.09 Å². The van der Waals surface area contributed by atoms with Gasteiger partial charge in [-0.3, -0.25) is 0 Å². The van der Waals surface area contributed by atoms with Gasteiger partial charge in [-0.1, -0.05) is 13.3 Å². The van der Waals surface area contributed by atoms with Gasteiger partial charge in [-0.15, -0.1) is 0 Å². The number of nitrogens with zero attached hydrogens (tertiary/aromatic N) is 1. The molecule has 76 valence electrons. The SMILES string of the molecule is CCCOC(=O)N(N)CC1CCC1. The van der Waals surface area contributed by atoms with Crippen molar-refractivity contribution in [1.29, 1.82) is 0 Å². The third-order valence-electron chi connectivity index (χ3n) is 2.34. The van der Waals surface area contributed by atoms with Crippen LogP contribution in [0.4, 0.5) is 4.79 Å². The third kappa shape index (κ3) is 3.22. The Hall–Kier alpha value is -0.770. The number of amides is 1. The molecular weight excluding hydrogens is 168 g/mol. The molecule has 0 spiro atoms. The van der Waals surface area contributed by atoms with Gasteiger partial charge in [-0.2, -0.15) is 0 Å². The summed E-state index contributed by atoms with van der Waals surface area (Å²) in [5.41, 5.74) is 0. The van der Waals surface area contributed by atoms with Gasteiger partial charge in [-0.05, 0) is 25.2 Å². The van der Waals surface area contributed by atoms with Gasteiger partial charge in [0, 0.05) is 6.54 Å². The molecule has 2 N–H and O–H groups in total. The third-order valence-corrected chi connectivity index (χ3v) is 2.34. The van der Waals surface area contributed by atoms with Crippen LogP contribution in [0.1, 0.15) is 32.6 Å². The van der Waals surface area contributed by atoms with Crippen molar-refractivity contribution in [2.24, 2.45) is 11.8 Å². The molecule has 0 heterocycles. The van der Waals surface area contributed by atoms with Gasteiger partial charge in [-0.25, -0.2) is 15.6 Å². The summed E-state index contributed by atoms with van der Waals surface area (Å²) in [6, 6.07) is 0. The van der Waals surface area contributed by atoms with E-state index in [0.29, 0.717) is 19.1 Å². The summed E-state index contributed by atoms with van der Waals surface area (Å²) in [4.78, 5) is 11.2. The molecule has 0 aromatic carbocycles. The summed E-state index contributed by atoms with van der Waals surface area (Å²) in [6.45, 7) is 3.06. The lowest BCUT2D eigenvalue weighted by Crippen LogP contribution is -2.42. The van der Waals surface area contributed by atoms with Crippen LogP contribution >= 0.6 is 0 Å². The summed E-state index contributed by atoms with van der Waals surface area (Å²) in [6.07, 6.45) is 4.09. The van der Waals surface area contributed by atoms with Crippen LogP contribution in [0, 0.1) is 5.92 Å². The van der Waals surface area contributed by atoms with Crippen LogP contribution in [0.3, 0.4) is 0 Å². The minimum absolute atomic E-state index is 0.395. The topological polar surface area (TPSA) is 55.6 Å². The maximum absolute atomic E-state index is 11.2. The van der Waals surface area contributed by atoms with E-state index >= 15 is 0 Å².